The molecule has 2 N–H and O–H groups in total. The first-order valence-corrected chi connectivity index (χ1v) is 13.2. The molecule has 0 radical (unpaired) electrons. The zero-order valence-corrected chi connectivity index (χ0v) is 23.3. The van der Waals surface area contributed by atoms with Crippen molar-refractivity contribution in [3.05, 3.63) is 100 Å². The number of rotatable bonds is 7. The monoisotopic (exact) mass is 539 g/mol. The summed E-state index contributed by atoms with van der Waals surface area (Å²) in [6.07, 6.45) is 2.67. The molecule has 0 unspecified atom stereocenters. The van der Waals surface area contributed by atoms with Gasteiger partial charge in [-0.3, -0.25) is 9.59 Å². The highest BCUT2D eigenvalue weighted by molar-refractivity contribution is 6.10. The van der Waals surface area contributed by atoms with Crippen LogP contribution in [0, 0.1) is 6.92 Å². The Morgan fingerprint density at radius 3 is 2.33 bits per heavy atom. The van der Waals surface area contributed by atoms with Gasteiger partial charge in [-0.05, 0) is 49.4 Å². The van der Waals surface area contributed by atoms with Crippen molar-refractivity contribution in [2.24, 2.45) is 0 Å². The van der Waals surface area contributed by atoms with Crippen LogP contribution < -0.4 is 24.8 Å². The lowest BCUT2D eigenvalue weighted by Gasteiger charge is -2.37. The van der Waals surface area contributed by atoms with Crippen molar-refractivity contribution in [1.29, 1.82) is 0 Å². The Kier molecular flexibility index (Phi) is 7.60. The molecular formula is C32H33N3O5. The predicted molar refractivity (Wildman–Crippen MR) is 153 cm³/mol. The van der Waals surface area contributed by atoms with E-state index in [2.05, 4.69) is 27.8 Å². The van der Waals surface area contributed by atoms with Crippen molar-refractivity contribution < 1.29 is 23.8 Å². The van der Waals surface area contributed by atoms with Crippen LogP contribution in [0.2, 0.25) is 0 Å². The second kappa shape index (κ2) is 11.3. The maximum atomic E-state index is 14.0. The molecule has 0 bridgehead atoms. The number of Topliss-reactive ketones (excluding diaryl/α,β-unsaturated/α-hetero) is 1. The first-order chi connectivity index (χ1) is 19.4. The van der Waals surface area contributed by atoms with E-state index in [1.165, 1.54) is 14.2 Å². The van der Waals surface area contributed by atoms with E-state index in [0.29, 0.717) is 58.3 Å². The number of aryl methyl sites for hydroxylation is 1. The Hall–Kier alpha value is -4.59. The van der Waals surface area contributed by atoms with Gasteiger partial charge in [-0.15, -0.1) is 0 Å². The number of carbonyl (C=O) groups excluding carboxylic acids is 2. The Bertz CT molecular complexity index is 1510. The molecule has 0 spiro atoms. The first-order valence-electron chi connectivity index (χ1n) is 13.2. The first kappa shape index (κ1) is 27.0. The fourth-order valence-corrected chi connectivity index (χ4v) is 5.69. The molecule has 0 fully saturated rings. The molecular weight excluding hydrogens is 506 g/mol. The van der Waals surface area contributed by atoms with Crippen LogP contribution in [0.4, 0.5) is 5.82 Å². The summed E-state index contributed by atoms with van der Waals surface area (Å²) in [5.41, 5.74) is 5.18. The van der Waals surface area contributed by atoms with E-state index in [-0.39, 0.29) is 17.6 Å². The van der Waals surface area contributed by atoms with Crippen molar-refractivity contribution in [2.75, 3.05) is 26.6 Å². The highest BCUT2D eigenvalue weighted by atomic mass is 16.5. The minimum Gasteiger partial charge on any atom is -0.493 e. The Morgan fingerprint density at radius 2 is 1.68 bits per heavy atom. The summed E-state index contributed by atoms with van der Waals surface area (Å²) in [6.45, 7) is 3.79. The third kappa shape index (κ3) is 4.93. The molecule has 8 heteroatoms. The summed E-state index contributed by atoms with van der Waals surface area (Å²) in [5, 5.41) is 6.35. The number of methoxy groups -OCH3 is 3. The molecule has 40 heavy (non-hydrogen) atoms. The van der Waals surface area contributed by atoms with Gasteiger partial charge >= 0.3 is 0 Å². The molecule has 2 heterocycles. The van der Waals surface area contributed by atoms with Crippen LogP contribution in [0.1, 0.15) is 48.3 Å². The smallest absolute Gasteiger partial charge is 0.255 e. The second-order valence-corrected chi connectivity index (χ2v) is 10.0. The van der Waals surface area contributed by atoms with E-state index in [1.807, 2.05) is 44.2 Å². The van der Waals surface area contributed by atoms with Crippen LogP contribution in [-0.4, -0.2) is 38.0 Å². The number of nitrogens with zero attached hydrogens (tertiary/aromatic N) is 1. The average molecular weight is 540 g/mol. The lowest BCUT2D eigenvalue weighted by molar-refractivity contribution is -0.116. The molecule has 5 rings (SSSR count). The number of ether oxygens (including phenoxy) is 3. The van der Waals surface area contributed by atoms with Gasteiger partial charge in [-0.2, -0.15) is 0 Å². The van der Waals surface area contributed by atoms with Crippen molar-refractivity contribution in [1.82, 2.24) is 10.3 Å². The van der Waals surface area contributed by atoms with Crippen LogP contribution in [-0.2, 0) is 9.59 Å². The van der Waals surface area contributed by atoms with Crippen LogP contribution in [0.25, 0.3) is 0 Å². The van der Waals surface area contributed by atoms with E-state index in [4.69, 9.17) is 14.2 Å². The molecule has 1 amide bonds. The highest BCUT2D eigenvalue weighted by Gasteiger charge is 2.42. The van der Waals surface area contributed by atoms with E-state index in [0.717, 1.165) is 16.8 Å². The zero-order chi connectivity index (χ0) is 28.4. The molecule has 2 aromatic carbocycles. The SMILES string of the molecule is COc1ccc([C@H]2C(C(=O)Nc3ccc(C)cn3)=C(C)NC3=C2C(=O)C[C@@H](c2ccccc2)C3)c(OC)c1OC. The number of anilines is 1. The Labute approximate surface area is 234 Å². The van der Waals surface area contributed by atoms with Crippen molar-refractivity contribution in [3.8, 4) is 17.2 Å². The number of hydrogen-bond acceptors (Lipinski definition) is 7. The number of amides is 1. The summed E-state index contributed by atoms with van der Waals surface area (Å²) in [7, 11) is 4.62. The summed E-state index contributed by atoms with van der Waals surface area (Å²) >= 11 is 0. The highest BCUT2D eigenvalue weighted by Crippen LogP contribution is 2.51. The molecule has 3 aromatic rings. The zero-order valence-electron chi connectivity index (χ0n) is 23.3. The third-order valence-corrected chi connectivity index (χ3v) is 7.54. The van der Waals surface area contributed by atoms with Gasteiger partial charge < -0.3 is 24.8 Å². The van der Waals surface area contributed by atoms with Gasteiger partial charge in [0.1, 0.15) is 5.82 Å². The van der Waals surface area contributed by atoms with Crippen molar-refractivity contribution in [2.45, 2.75) is 38.5 Å². The number of ketones is 1. The van der Waals surface area contributed by atoms with Gasteiger partial charge in [0.05, 0.1) is 27.2 Å². The summed E-state index contributed by atoms with van der Waals surface area (Å²) in [5.74, 6) is 0.682. The standard InChI is InChI=1S/C32H33N3O5/c1-18-11-14-26(33-17-18)35-32(37)27-19(2)34-23-15-21(20-9-7-6-8-10-20)16-24(36)29(23)28(27)22-12-13-25(38-3)31(40-5)30(22)39-4/h6-14,17,21,28,34H,15-16H2,1-5H3,(H,33,35,37)/t21-,28-/m0/s1. The van der Waals surface area contributed by atoms with Gasteiger partial charge in [0.2, 0.25) is 5.75 Å². The number of nitrogens with one attached hydrogen (secondary N) is 2. The number of aromatic nitrogens is 1. The number of allylic oxidation sites excluding steroid dienone is 3. The van der Waals surface area contributed by atoms with Gasteiger partial charge in [-0.1, -0.05) is 42.5 Å². The van der Waals surface area contributed by atoms with Crippen LogP contribution in [0.15, 0.2) is 83.3 Å². The number of carbonyl (C=O) groups is 2. The van der Waals surface area contributed by atoms with E-state index < -0.39 is 5.92 Å². The van der Waals surface area contributed by atoms with Gasteiger partial charge in [0, 0.05) is 40.7 Å². The fourth-order valence-electron chi connectivity index (χ4n) is 5.69. The maximum Gasteiger partial charge on any atom is 0.255 e. The molecule has 0 saturated carbocycles. The summed E-state index contributed by atoms with van der Waals surface area (Å²) in [6, 6.07) is 17.3. The van der Waals surface area contributed by atoms with Crippen LogP contribution >= 0.6 is 0 Å². The minimum atomic E-state index is -0.694. The molecule has 8 nitrogen and oxygen atoms in total. The lowest BCUT2D eigenvalue weighted by atomic mass is 9.71. The molecule has 206 valence electrons. The fraction of sp³-hybridized carbons (Fsp3) is 0.281. The topological polar surface area (TPSA) is 98.8 Å². The Morgan fingerprint density at radius 1 is 0.925 bits per heavy atom. The summed E-state index contributed by atoms with van der Waals surface area (Å²) in [4.78, 5) is 32.2. The average Bonchev–Trinajstić information content (AvgIpc) is 2.96. The second-order valence-electron chi connectivity index (χ2n) is 10.0. The molecule has 1 aliphatic carbocycles. The van der Waals surface area contributed by atoms with Gasteiger partial charge in [-0.25, -0.2) is 4.98 Å². The van der Waals surface area contributed by atoms with E-state index >= 15 is 0 Å². The van der Waals surface area contributed by atoms with Crippen molar-refractivity contribution >= 4 is 17.5 Å². The number of dihydropyridines is 1. The maximum absolute atomic E-state index is 14.0. The predicted octanol–water partition coefficient (Wildman–Crippen LogP) is 5.42. The third-order valence-electron chi connectivity index (χ3n) is 7.54. The Balaban J connectivity index is 1.65. The quantitative estimate of drug-likeness (QED) is 0.414. The molecule has 1 aliphatic heterocycles. The van der Waals surface area contributed by atoms with Gasteiger partial charge in [0.25, 0.3) is 5.91 Å². The largest absolute Gasteiger partial charge is 0.493 e. The molecule has 0 saturated heterocycles. The van der Waals surface area contributed by atoms with E-state index in [1.54, 1.807) is 25.4 Å². The molecule has 2 atom stereocenters. The van der Waals surface area contributed by atoms with Crippen LogP contribution in [0.5, 0.6) is 17.2 Å². The molecule has 1 aromatic heterocycles. The normalized spacial score (nSPS) is 18.6. The van der Waals surface area contributed by atoms with Gasteiger partial charge in [0.15, 0.2) is 17.3 Å². The number of pyridine rings is 1. The number of hydrogen-bond donors (Lipinski definition) is 2. The number of benzene rings is 2. The summed E-state index contributed by atoms with van der Waals surface area (Å²) < 4.78 is 17.0. The lowest BCUT2D eigenvalue weighted by Crippen LogP contribution is -2.37. The minimum absolute atomic E-state index is 0.0179. The van der Waals surface area contributed by atoms with Crippen LogP contribution in [0.3, 0.4) is 0 Å². The molecule has 2 aliphatic rings. The van der Waals surface area contributed by atoms with E-state index in [9.17, 15) is 9.59 Å². The van der Waals surface area contributed by atoms with Crippen molar-refractivity contribution in [3.63, 3.8) is 0 Å².